The van der Waals surface area contributed by atoms with Gasteiger partial charge in [0.25, 0.3) is 0 Å². The van der Waals surface area contributed by atoms with Crippen LogP contribution in [0, 0.1) is 18.3 Å². The van der Waals surface area contributed by atoms with Crippen LogP contribution in [0.4, 0.5) is 13.2 Å². The Bertz CT molecular complexity index is 5350. The molecule has 0 aliphatic heterocycles. The van der Waals surface area contributed by atoms with E-state index in [1.165, 1.54) is 6.07 Å². The van der Waals surface area contributed by atoms with Crippen LogP contribution in [0.1, 0.15) is 16.7 Å². The topological polar surface area (TPSA) is 85.2 Å². The summed E-state index contributed by atoms with van der Waals surface area (Å²) in [7, 11) is 0. The number of alkyl halides is 3. The van der Waals surface area contributed by atoms with Crippen molar-refractivity contribution in [2.75, 3.05) is 0 Å². The van der Waals surface area contributed by atoms with Crippen molar-refractivity contribution in [2.24, 2.45) is 0 Å². The Hall–Kier alpha value is -12.3. The predicted molar refractivity (Wildman–Crippen MR) is 370 cm³/mol. The lowest BCUT2D eigenvalue weighted by Crippen LogP contribution is -2.10. The highest BCUT2D eigenvalue weighted by atomic mass is 19.4. The lowest BCUT2D eigenvalue weighted by molar-refractivity contribution is -0.137. The van der Waals surface area contributed by atoms with Gasteiger partial charge in [0.05, 0.1) is 73.4 Å². The molecule has 0 radical (unpaired) electrons. The average molecular weight is 1200 g/mol. The van der Waals surface area contributed by atoms with E-state index in [1.807, 2.05) is 176 Å². The molecule has 6 aromatic heterocycles. The second kappa shape index (κ2) is 22.9. The molecular formula is C83H52F3N7. The Balaban J connectivity index is 1.03. The number of aromatic nitrogens is 6. The number of benzene rings is 10. The van der Waals surface area contributed by atoms with Gasteiger partial charge in [-0.2, -0.15) is 18.4 Å². The number of pyridine rings is 4. The van der Waals surface area contributed by atoms with Crippen LogP contribution in [-0.2, 0) is 6.18 Å². The third kappa shape index (κ3) is 10.1. The van der Waals surface area contributed by atoms with Crippen LogP contribution in [0.3, 0.4) is 0 Å². The van der Waals surface area contributed by atoms with E-state index in [-0.39, 0.29) is 16.7 Å². The summed E-state index contributed by atoms with van der Waals surface area (Å²) >= 11 is 0. The van der Waals surface area contributed by atoms with Crippen molar-refractivity contribution in [1.29, 1.82) is 5.26 Å². The normalized spacial score (nSPS) is 11.6. The highest BCUT2D eigenvalue weighted by Crippen LogP contribution is 2.47. The number of nitrogens with zero attached hydrogens (tertiary/aromatic N) is 7. The molecule has 10 heteroatoms. The molecule has 0 fully saturated rings. The summed E-state index contributed by atoms with van der Waals surface area (Å²) in [5.41, 5.74) is 18.4. The van der Waals surface area contributed by atoms with Gasteiger partial charge in [-0.05, 0) is 154 Å². The zero-order chi connectivity index (χ0) is 62.7. The van der Waals surface area contributed by atoms with Crippen LogP contribution in [0.25, 0.3) is 156 Å². The average Bonchev–Trinajstić information content (AvgIpc) is 1.59. The molecule has 0 N–H and O–H groups in total. The molecule has 16 aromatic rings. The van der Waals surface area contributed by atoms with Crippen LogP contribution in [-0.4, -0.2) is 29.1 Å². The number of hydrogen-bond acceptors (Lipinski definition) is 5. The second-order valence-electron chi connectivity index (χ2n) is 23.3. The van der Waals surface area contributed by atoms with Crippen molar-refractivity contribution in [3.05, 3.63) is 314 Å². The quantitative estimate of drug-likeness (QED) is 0.129. The van der Waals surface area contributed by atoms with E-state index in [9.17, 15) is 5.26 Å². The maximum atomic E-state index is 15.8. The van der Waals surface area contributed by atoms with E-state index < -0.39 is 11.7 Å². The molecule has 7 nitrogen and oxygen atoms in total. The van der Waals surface area contributed by atoms with Gasteiger partial charge in [-0.1, -0.05) is 182 Å². The van der Waals surface area contributed by atoms with E-state index in [4.69, 9.17) is 19.9 Å². The van der Waals surface area contributed by atoms with E-state index in [0.717, 1.165) is 139 Å². The van der Waals surface area contributed by atoms with Crippen molar-refractivity contribution >= 4 is 43.6 Å². The third-order valence-corrected chi connectivity index (χ3v) is 17.8. The Morgan fingerprint density at radius 3 is 0.946 bits per heavy atom. The van der Waals surface area contributed by atoms with E-state index >= 15 is 13.2 Å². The molecule has 0 atom stereocenters. The standard InChI is InChI=1S/C83H52F3N7/c1-52-15-14-24-71(83(84,85)86)82(52)70-50-81(93-78-47-59(63-35-39-90-74(43-63)55-20-10-4-11-21-55)27-31-68(78)69-32-28-60(48-79(69)93)64-36-40-91-75(44-64)56-22-12-5-13-23-56)80(49-65(70)51-87)92-76-45-57(61-33-37-88-72(41-61)53-16-6-2-7-17-53)25-29-66(76)67-30-26-58(46-77(67)92)62-34-38-89-73(42-62)54-18-8-3-9-19-54/h2-50H,1H3. The van der Waals surface area contributed by atoms with Gasteiger partial charge in [-0.25, -0.2) is 0 Å². The summed E-state index contributed by atoms with van der Waals surface area (Å²) in [6.07, 6.45) is 2.53. The molecule has 16 rings (SSSR count). The maximum Gasteiger partial charge on any atom is 0.417 e. The van der Waals surface area contributed by atoms with Crippen molar-refractivity contribution in [3.8, 4) is 118 Å². The van der Waals surface area contributed by atoms with Gasteiger partial charge < -0.3 is 9.13 Å². The minimum absolute atomic E-state index is 0.0664. The van der Waals surface area contributed by atoms with Crippen molar-refractivity contribution < 1.29 is 13.2 Å². The van der Waals surface area contributed by atoms with Crippen LogP contribution in [0.5, 0.6) is 0 Å². The van der Waals surface area contributed by atoms with E-state index in [1.54, 1.807) is 19.1 Å². The van der Waals surface area contributed by atoms with Crippen LogP contribution < -0.4 is 0 Å². The number of fused-ring (bicyclic) bond motifs is 6. The fourth-order valence-electron chi connectivity index (χ4n) is 13.3. The first kappa shape index (κ1) is 56.0. The fourth-order valence-corrected chi connectivity index (χ4v) is 13.3. The van der Waals surface area contributed by atoms with Gasteiger partial charge in [-0.15, -0.1) is 0 Å². The lowest BCUT2D eigenvalue weighted by atomic mass is 9.90. The molecular weight excluding hydrogens is 1150 g/mol. The Labute approximate surface area is 533 Å². The summed E-state index contributed by atoms with van der Waals surface area (Å²) in [4.78, 5) is 19.2. The van der Waals surface area contributed by atoms with Crippen LogP contribution in [0.15, 0.2) is 298 Å². The molecule has 0 aliphatic rings. The summed E-state index contributed by atoms with van der Waals surface area (Å²) in [6.45, 7) is 1.68. The molecule has 440 valence electrons. The van der Waals surface area contributed by atoms with Crippen molar-refractivity contribution in [1.82, 2.24) is 29.1 Å². The molecule has 6 heterocycles. The number of rotatable bonds is 11. The number of halogens is 3. The number of nitriles is 1. The second-order valence-corrected chi connectivity index (χ2v) is 23.3. The van der Waals surface area contributed by atoms with Gasteiger partial charge >= 0.3 is 6.18 Å². The van der Waals surface area contributed by atoms with Crippen LogP contribution in [0.2, 0.25) is 0 Å². The largest absolute Gasteiger partial charge is 0.417 e. The van der Waals surface area contributed by atoms with Crippen molar-refractivity contribution in [3.63, 3.8) is 0 Å². The zero-order valence-corrected chi connectivity index (χ0v) is 50.1. The molecule has 93 heavy (non-hydrogen) atoms. The van der Waals surface area contributed by atoms with Gasteiger partial charge in [0, 0.05) is 74.1 Å². The highest BCUT2D eigenvalue weighted by Gasteiger charge is 2.36. The highest BCUT2D eigenvalue weighted by molar-refractivity contribution is 6.14. The fraction of sp³-hybridized carbons (Fsp3) is 0.0241. The molecule has 10 aromatic carbocycles. The molecule has 0 bridgehead atoms. The molecule has 0 saturated heterocycles. The lowest BCUT2D eigenvalue weighted by Gasteiger charge is -2.22. The number of aryl methyl sites for hydroxylation is 1. The summed E-state index contributed by atoms with van der Waals surface area (Å²) in [6, 6.07) is 92.6. The smallest absolute Gasteiger partial charge is 0.307 e. The summed E-state index contributed by atoms with van der Waals surface area (Å²) < 4.78 is 51.7. The molecule has 0 spiro atoms. The molecule has 0 unspecified atom stereocenters. The third-order valence-electron chi connectivity index (χ3n) is 17.8. The predicted octanol–water partition coefficient (Wildman–Crippen LogP) is 21.7. The number of hydrogen-bond donors (Lipinski definition) is 0. The van der Waals surface area contributed by atoms with Crippen molar-refractivity contribution in [2.45, 2.75) is 13.1 Å². The van der Waals surface area contributed by atoms with Gasteiger partial charge in [0.2, 0.25) is 0 Å². The van der Waals surface area contributed by atoms with E-state index in [2.05, 4.69) is 112 Å². The maximum absolute atomic E-state index is 15.8. The summed E-state index contributed by atoms with van der Waals surface area (Å²) in [5, 5.41) is 15.3. The monoisotopic (exact) mass is 1200 g/mol. The Morgan fingerprint density at radius 2 is 0.634 bits per heavy atom. The SMILES string of the molecule is Cc1cccc(C(F)(F)F)c1-c1cc(-n2c3cc(-c4ccnc(-c5ccccc5)c4)ccc3c3ccc(-c4ccnc(-c5ccccc5)c4)cc32)c(-n2c3cc(-c4ccnc(-c5ccccc5)c4)ccc3c3ccc(-c4ccnc(-c5ccccc5)c4)cc32)cc1C#N. The Morgan fingerprint density at radius 1 is 0.323 bits per heavy atom. The first-order valence-corrected chi connectivity index (χ1v) is 30.6. The first-order valence-electron chi connectivity index (χ1n) is 30.6. The molecule has 0 amide bonds. The van der Waals surface area contributed by atoms with E-state index in [0.29, 0.717) is 16.9 Å². The first-order chi connectivity index (χ1) is 45.6. The molecule has 0 aliphatic carbocycles. The van der Waals surface area contributed by atoms with Crippen LogP contribution >= 0.6 is 0 Å². The summed E-state index contributed by atoms with van der Waals surface area (Å²) in [5.74, 6) is 0. The zero-order valence-electron chi connectivity index (χ0n) is 50.1. The van der Waals surface area contributed by atoms with Gasteiger partial charge in [0.1, 0.15) is 0 Å². The van der Waals surface area contributed by atoms with Gasteiger partial charge in [0.15, 0.2) is 0 Å². The van der Waals surface area contributed by atoms with Gasteiger partial charge in [-0.3, -0.25) is 19.9 Å². The minimum atomic E-state index is -4.77. The minimum Gasteiger partial charge on any atom is -0.307 e. The Kier molecular flexibility index (Phi) is 13.8. The molecule has 0 saturated carbocycles.